The van der Waals surface area contributed by atoms with Crippen LogP contribution in [-0.4, -0.2) is 43.7 Å². The number of rotatable bonds is 4. The molecule has 2 aliphatic rings. The molecule has 2 amide bonds. The van der Waals surface area contributed by atoms with Gasteiger partial charge in [0.1, 0.15) is 11.6 Å². The second-order valence-electron chi connectivity index (χ2n) is 7.72. The van der Waals surface area contributed by atoms with E-state index < -0.39 is 33.8 Å². The highest BCUT2D eigenvalue weighted by Crippen LogP contribution is 2.34. The van der Waals surface area contributed by atoms with Crippen LogP contribution in [0.25, 0.3) is 0 Å². The average molecular weight is 482 g/mol. The Morgan fingerprint density at radius 3 is 2.81 bits per heavy atom. The number of nitrogens with zero attached hydrogens (tertiary/aromatic N) is 1. The van der Waals surface area contributed by atoms with Crippen molar-refractivity contribution in [3.05, 3.63) is 47.2 Å². The first-order valence-electron chi connectivity index (χ1n) is 10.0. The van der Waals surface area contributed by atoms with Crippen LogP contribution in [-0.2, 0) is 19.6 Å². The quantitative estimate of drug-likeness (QED) is 0.697. The summed E-state index contributed by atoms with van der Waals surface area (Å²) in [6.45, 7) is 1.80. The fraction of sp³-hybridized carbons (Fsp3) is 0.333. The van der Waals surface area contributed by atoms with Gasteiger partial charge in [-0.2, -0.15) is 4.31 Å². The number of ether oxygens (including phenoxy) is 1. The van der Waals surface area contributed by atoms with Crippen LogP contribution >= 0.6 is 11.6 Å². The van der Waals surface area contributed by atoms with Gasteiger partial charge in [-0.3, -0.25) is 9.59 Å². The zero-order valence-electron chi connectivity index (χ0n) is 17.1. The van der Waals surface area contributed by atoms with Crippen LogP contribution in [0.4, 0.5) is 15.8 Å². The largest absolute Gasteiger partial charge is 0.479 e. The molecule has 2 aliphatic heterocycles. The van der Waals surface area contributed by atoms with Gasteiger partial charge in [-0.25, -0.2) is 12.8 Å². The van der Waals surface area contributed by atoms with E-state index in [1.165, 1.54) is 34.6 Å². The van der Waals surface area contributed by atoms with E-state index in [-0.39, 0.29) is 40.3 Å². The molecule has 4 rings (SSSR count). The Morgan fingerprint density at radius 2 is 2.06 bits per heavy atom. The highest BCUT2D eigenvalue weighted by Gasteiger charge is 2.34. The number of carbonyl (C=O) groups excluding carboxylic acids is 2. The Bertz CT molecular complexity index is 1190. The molecule has 32 heavy (non-hydrogen) atoms. The third-order valence-corrected chi connectivity index (χ3v) is 7.56. The predicted molar refractivity (Wildman–Crippen MR) is 117 cm³/mol. The minimum absolute atomic E-state index is 0.0143. The van der Waals surface area contributed by atoms with Crippen molar-refractivity contribution >= 4 is 44.8 Å². The fourth-order valence-corrected chi connectivity index (χ4v) is 5.41. The topological polar surface area (TPSA) is 105 Å². The van der Waals surface area contributed by atoms with E-state index >= 15 is 0 Å². The van der Waals surface area contributed by atoms with Gasteiger partial charge in [0.25, 0.3) is 5.91 Å². The van der Waals surface area contributed by atoms with Crippen molar-refractivity contribution in [1.29, 1.82) is 0 Å². The van der Waals surface area contributed by atoms with E-state index in [2.05, 4.69) is 10.6 Å². The van der Waals surface area contributed by atoms with Gasteiger partial charge in [0.05, 0.1) is 22.2 Å². The normalized spacial score (nSPS) is 21.3. The summed E-state index contributed by atoms with van der Waals surface area (Å²) >= 11 is 5.73. The first-order valence-corrected chi connectivity index (χ1v) is 11.8. The predicted octanol–water partition coefficient (Wildman–Crippen LogP) is 3.24. The molecule has 1 saturated heterocycles. The molecule has 8 nitrogen and oxygen atoms in total. The van der Waals surface area contributed by atoms with E-state index in [0.29, 0.717) is 18.6 Å². The summed E-state index contributed by atoms with van der Waals surface area (Å²) in [6.07, 6.45) is 0.277. The lowest BCUT2D eigenvalue weighted by Gasteiger charge is -2.31. The lowest BCUT2D eigenvalue weighted by molar-refractivity contribution is -0.123. The molecule has 2 atom stereocenters. The van der Waals surface area contributed by atoms with Gasteiger partial charge in [-0.15, -0.1) is 0 Å². The third kappa shape index (κ3) is 4.43. The van der Waals surface area contributed by atoms with E-state index in [1.807, 2.05) is 0 Å². The molecule has 11 heteroatoms. The van der Waals surface area contributed by atoms with Crippen molar-refractivity contribution in [1.82, 2.24) is 4.31 Å². The van der Waals surface area contributed by atoms with Gasteiger partial charge >= 0.3 is 0 Å². The number of benzene rings is 2. The van der Waals surface area contributed by atoms with Crippen molar-refractivity contribution in [2.45, 2.75) is 30.8 Å². The summed E-state index contributed by atoms with van der Waals surface area (Å²) in [5.74, 6) is -1.76. The monoisotopic (exact) mass is 481 g/mol. The molecule has 2 heterocycles. The number of halogens is 2. The zero-order valence-corrected chi connectivity index (χ0v) is 18.7. The van der Waals surface area contributed by atoms with E-state index in [0.717, 1.165) is 6.07 Å². The molecular weight excluding hydrogens is 461 g/mol. The number of nitrogens with one attached hydrogen (secondary N) is 2. The summed E-state index contributed by atoms with van der Waals surface area (Å²) in [5, 5.41) is 5.35. The lowest BCUT2D eigenvalue weighted by atomic mass is 9.98. The number of sulfonamides is 1. The van der Waals surface area contributed by atoms with Gasteiger partial charge in [0, 0.05) is 18.1 Å². The summed E-state index contributed by atoms with van der Waals surface area (Å²) in [6, 6.07) is 8.16. The average Bonchev–Trinajstić information content (AvgIpc) is 2.76. The molecule has 0 aliphatic carbocycles. The smallest absolute Gasteiger partial charge is 0.265 e. The van der Waals surface area contributed by atoms with Gasteiger partial charge in [-0.1, -0.05) is 11.6 Å². The van der Waals surface area contributed by atoms with Crippen LogP contribution in [0.2, 0.25) is 5.02 Å². The second kappa shape index (κ2) is 8.68. The summed E-state index contributed by atoms with van der Waals surface area (Å²) in [5.41, 5.74) is 0.262. The second-order valence-corrected chi connectivity index (χ2v) is 10.1. The van der Waals surface area contributed by atoms with E-state index in [9.17, 15) is 22.4 Å². The molecule has 170 valence electrons. The number of carbonyl (C=O) groups is 2. The molecule has 0 bridgehead atoms. The Kier molecular flexibility index (Phi) is 6.11. The molecule has 0 radical (unpaired) electrons. The van der Waals surface area contributed by atoms with Crippen molar-refractivity contribution in [2.75, 3.05) is 23.7 Å². The molecule has 0 saturated carbocycles. The minimum atomic E-state index is -3.92. The van der Waals surface area contributed by atoms with Crippen molar-refractivity contribution in [3.8, 4) is 5.75 Å². The summed E-state index contributed by atoms with van der Waals surface area (Å²) < 4.78 is 47.1. The summed E-state index contributed by atoms with van der Waals surface area (Å²) in [7, 11) is -3.92. The van der Waals surface area contributed by atoms with Crippen molar-refractivity contribution < 1.29 is 27.1 Å². The van der Waals surface area contributed by atoms with Gasteiger partial charge < -0.3 is 15.4 Å². The molecule has 0 unspecified atom stereocenters. The van der Waals surface area contributed by atoms with Crippen LogP contribution in [0.1, 0.15) is 19.8 Å². The summed E-state index contributed by atoms with van der Waals surface area (Å²) in [4.78, 5) is 24.5. The maximum atomic E-state index is 14.0. The SMILES string of the molecule is C[C@H]1Oc2ccc(S(=O)(=O)N3CCC[C@@H](C(=O)Nc4ccc(Cl)cc4F)C3)cc2NC1=O. The van der Waals surface area contributed by atoms with E-state index in [1.54, 1.807) is 6.92 Å². The number of anilines is 2. The molecule has 2 N–H and O–H groups in total. The fourth-order valence-electron chi connectivity index (χ4n) is 3.70. The highest BCUT2D eigenvalue weighted by molar-refractivity contribution is 7.89. The zero-order chi connectivity index (χ0) is 23.0. The maximum Gasteiger partial charge on any atom is 0.265 e. The molecule has 2 aromatic rings. The Balaban J connectivity index is 1.50. The van der Waals surface area contributed by atoms with Gasteiger partial charge in [0.15, 0.2) is 6.10 Å². The molecule has 0 aromatic heterocycles. The molecule has 1 fully saturated rings. The Morgan fingerprint density at radius 1 is 1.28 bits per heavy atom. The van der Waals surface area contributed by atoms with Crippen LogP contribution in [0.5, 0.6) is 5.75 Å². The minimum Gasteiger partial charge on any atom is -0.479 e. The number of hydrogen-bond donors (Lipinski definition) is 2. The van der Waals surface area contributed by atoms with E-state index in [4.69, 9.17) is 16.3 Å². The number of fused-ring (bicyclic) bond motifs is 1. The standard InChI is InChI=1S/C21H21ClFN3O5S/c1-12-20(27)25-18-10-15(5-7-19(18)31-12)32(29,30)26-8-2-3-13(11-26)21(28)24-17-6-4-14(22)9-16(17)23/h4-7,9-10,12-13H,2-3,8,11H2,1H3,(H,24,28)(H,25,27)/t12-,13-/m1/s1. The van der Waals surface area contributed by atoms with Gasteiger partial charge in [-0.05, 0) is 56.2 Å². The third-order valence-electron chi connectivity index (χ3n) is 5.46. The first-order chi connectivity index (χ1) is 15.1. The lowest BCUT2D eigenvalue weighted by Crippen LogP contribution is -2.43. The maximum absolute atomic E-state index is 14.0. The highest BCUT2D eigenvalue weighted by atomic mass is 35.5. The van der Waals surface area contributed by atoms with Crippen LogP contribution < -0.4 is 15.4 Å². The van der Waals surface area contributed by atoms with Crippen LogP contribution in [0.15, 0.2) is 41.3 Å². The van der Waals surface area contributed by atoms with Crippen LogP contribution in [0.3, 0.4) is 0 Å². The molecule has 0 spiro atoms. The molecule has 2 aromatic carbocycles. The number of amides is 2. The Labute approximate surface area is 189 Å². The van der Waals surface area contributed by atoms with Crippen LogP contribution in [0, 0.1) is 11.7 Å². The van der Waals surface area contributed by atoms with Crippen molar-refractivity contribution in [3.63, 3.8) is 0 Å². The molecular formula is C21H21ClFN3O5S. The number of hydrogen-bond acceptors (Lipinski definition) is 5. The van der Waals surface area contributed by atoms with Crippen molar-refractivity contribution in [2.24, 2.45) is 5.92 Å². The first kappa shape index (κ1) is 22.5. The Hall–Kier alpha value is -2.69. The van der Waals surface area contributed by atoms with Gasteiger partial charge in [0.2, 0.25) is 15.9 Å². The number of piperidine rings is 1.